The quantitative estimate of drug-likeness (QED) is 0.551. The van der Waals surface area contributed by atoms with Crippen molar-refractivity contribution in [3.63, 3.8) is 0 Å². The van der Waals surface area contributed by atoms with Crippen LogP contribution in [-0.4, -0.2) is 49.3 Å². The first kappa shape index (κ1) is 27.6. The summed E-state index contributed by atoms with van der Waals surface area (Å²) in [5.41, 5.74) is 3.02. The van der Waals surface area contributed by atoms with Gasteiger partial charge in [-0.3, -0.25) is 10.2 Å². The van der Waals surface area contributed by atoms with Crippen molar-refractivity contribution in [3.8, 4) is 11.1 Å². The normalized spacial score (nSPS) is 15.9. The maximum absolute atomic E-state index is 14.7. The number of nitrogens with zero attached hydrogens (tertiary/aromatic N) is 1. The van der Waals surface area contributed by atoms with Crippen LogP contribution in [0.3, 0.4) is 0 Å². The summed E-state index contributed by atoms with van der Waals surface area (Å²) in [7, 11) is -3.95. The van der Waals surface area contributed by atoms with Gasteiger partial charge in [-0.1, -0.05) is 30.3 Å². The monoisotopic (exact) mass is 519 g/mol. The second kappa shape index (κ2) is 11.0. The van der Waals surface area contributed by atoms with Crippen LogP contribution in [0.1, 0.15) is 56.5 Å². The molecule has 0 bridgehead atoms. The maximum Gasteiger partial charge on any atom is 0.410 e. The Morgan fingerprint density at radius 1 is 1.08 bits per heavy atom. The van der Waals surface area contributed by atoms with Gasteiger partial charge in [-0.15, -0.1) is 4.83 Å². The van der Waals surface area contributed by atoms with Crippen molar-refractivity contribution in [2.24, 2.45) is 5.92 Å². The first-order valence-corrected chi connectivity index (χ1v) is 13.5. The lowest BCUT2D eigenvalue weighted by molar-refractivity contribution is 0.0183. The number of carbonyl (C=O) groups excluding carboxylic acids is 2. The minimum Gasteiger partial charge on any atom is -0.444 e. The molecule has 10 heteroatoms. The molecule has 1 unspecified atom stereocenters. The third kappa shape index (κ3) is 6.82. The van der Waals surface area contributed by atoms with Gasteiger partial charge < -0.3 is 9.64 Å². The molecular weight excluding hydrogens is 485 g/mol. The summed E-state index contributed by atoms with van der Waals surface area (Å²) in [6, 6.07) is 12.2. The molecule has 0 aromatic heterocycles. The molecule has 36 heavy (non-hydrogen) atoms. The predicted octanol–water partition coefficient (Wildman–Crippen LogP) is 4.40. The Balaban J connectivity index is 1.63. The van der Waals surface area contributed by atoms with E-state index in [9.17, 15) is 22.4 Å². The van der Waals surface area contributed by atoms with Gasteiger partial charge in [0.1, 0.15) is 11.4 Å². The van der Waals surface area contributed by atoms with Crippen LogP contribution >= 0.6 is 0 Å². The molecular formula is C26H34FN3O5S. The Bertz CT molecular complexity index is 1200. The molecule has 1 aliphatic rings. The van der Waals surface area contributed by atoms with Crippen molar-refractivity contribution in [1.29, 1.82) is 0 Å². The third-order valence-corrected chi connectivity index (χ3v) is 8.01. The third-order valence-electron chi connectivity index (χ3n) is 6.26. The molecule has 0 radical (unpaired) electrons. The first-order valence-electron chi connectivity index (χ1n) is 11.9. The van der Waals surface area contributed by atoms with Crippen molar-refractivity contribution < 1.29 is 27.1 Å². The average Bonchev–Trinajstić information content (AvgIpc) is 2.83. The van der Waals surface area contributed by atoms with Crippen molar-refractivity contribution in [1.82, 2.24) is 15.2 Å². The number of likely N-dealkylation sites (tertiary alicyclic amines) is 1. The SMILES string of the molecule is Cc1cc(-c2ccccc2)cc(C(=O)NNS(=O)(=O)C(C)C2CCN(C(=O)OC(C)(C)C)CC2)c1F. The van der Waals surface area contributed by atoms with E-state index in [1.54, 1.807) is 45.6 Å². The molecule has 2 amide bonds. The van der Waals surface area contributed by atoms with Crippen LogP contribution in [-0.2, 0) is 14.8 Å². The topological polar surface area (TPSA) is 105 Å². The molecule has 0 spiro atoms. The van der Waals surface area contributed by atoms with Gasteiger partial charge in [0.15, 0.2) is 0 Å². The Kier molecular flexibility index (Phi) is 8.40. The summed E-state index contributed by atoms with van der Waals surface area (Å²) in [5, 5.41) is -0.833. The van der Waals surface area contributed by atoms with Crippen molar-refractivity contribution >= 4 is 22.0 Å². The number of sulfonamides is 1. The number of rotatable bonds is 6. The van der Waals surface area contributed by atoms with Crippen LogP contribution in [0.2, 0.25) is 0 Å². The van der Waals surface area contributed by atoms with Crippen LogP contribution in [0.4, 0.5) is 9.18 Å². The van der Waals surface area contributed by atoms with E-state index in [4.69, 9.17) is 4.74 Å². The Labute approximate surface area is 212 Å². The summed E-state index contributed by atoms with van der Waals surface area (Å²) in [6.45, 7) is 9.23. The zero-order valence-electron chi connectivity index (χ0n) is 21.3. The number of hydrazine groups is 1. The Morgan fingerprint density at radius 3 is 2.28 bits per heavy atom. The van der Waals surface area contributed by atoms with E-state index in [1.807, 2.05) is 30.3 Å². The molecule has 1 saturated heterocycles. The minimum absolute atomic E-state index is 0.224. The highest BCUT2D eigenvalue weighted by atomic mass is 32.2. The zero-order valence-corrected chi connectivity index (χ0v) is 22.1. The van der Waals surface area contributed by atoms with Gasteiger partial charge in [0.2, 0.25) is 10.0 Å². The van der Waals surface area contributed by atoms with E-state index in [0.29, 0.717) is 31.5 Å². The number of piperidine rings is 1. The largest absolute Gasteiger partial charge is 0.444 e. The number of amides is 2. The molecule has 1 heterocycles. The van der Waals surface area contributed by atoms with E-state index in [2.05, 4.69) is 10.3 Å². The standard InChI is InChI=1S/C26H34FN3O5S/c1-17-15-21(20-9-7-6-8-10-20)16-22(23(17)27)24(31)28-29-36(33,34)18(2)19-11-13-30(14-12-19)25(32)35-26(3,4)5/h6-10,15-16,18-19,29H,11-14H2,1-5H3,(H,28,31). The van der Waals surface area contributed by atoms with Gasteiger partial charge in [-0.2, -0.15) is 0 Å². The van der Waals surface area contributed by atoms with Crippen LogP contribution in [0.5, 0.6) is 0 Å². The molecule has 0 saturated carbocycles. The molecule has 1 fully saturated rings. The number of hydrogen-bond acceptors (Lipinski definition) is 5. The number of hydrogen-bond donors (Lipinski definition) is 2. The number of carbonyl (C=O) groups is 2. The summed E-state index contributed by atoms with van der Waals surface area (Å²) in [5.74, 6) is -1.82. The number of ether oxygens (including phenoxy) is 1. The van der Waals surface area contributed by atoms with Crippen molar-refractivity contribution in [2.75, 3.05) is 13.1 Å². The van der Waals surface area contributed by atoms with Gasteiger partial charge in [-0.05, 0) is 82.2 Å². The number of aryl methyl sites for hydroxylation is 1. The van der Waals surface area contributed by atoms with E-state index in [0.717, 1.165) is 5.56 Å². The van der Waals surface area contributed by atoms with Crippen LogP contribution in [0.15, 0.2) is 42.5 Å². The molecule has 1 aliphatic heterocycles. The van der Waals surface area contributed by atoms with Gasteiger partial charge in [-0.25, -0.2) is 17.6 Å². The van der Waals surface area contributed by atoms with Gasteiger partial charge >= 0.3 is 6.09 Å². The zero-order chi connectivity index (χ0) is 26.7. The van der Waals surface area contributed by atoms with E-state index in [1.165, 1.54) is 6.07 Å². The lowest BCUT2D eigenvalue weighted by Gasteiger charge is -2.35. The fourth-order valence-electron chi connectivity index (χ4n) is 4.14. The highest BCUT2D eigenvalue weighted by molar-refractivity contribution is 7.90. The van der Waals surface area contributed by atoms with E-state index < -0.39 is 38.7 Å². The lowest BCUT2D eigenvalue weighted by Crippen LogP contribution is -2.49. The molecule has 0 aliphatic carbocycles. The van der Waals surface area contributed by atoms with Crippen molar-refractivity contribution in [2.45, 2.75) is 58.3 Å². The molecule has 2 aromatic rings. The smallest absolute Gasteiger partial charge is 0.410 e. The summed E-state index contributed by atoms with van der Waals surface area (Å²) < 4.78 is 45.9. The minimum atomic E-state index is -3.95. The van der Waals surface area contributed by atoms with Crippen LogP contribution in [0, 0.1) is 18.7 Å². The Hall–Kier alpha value is -2.98. The molecule has 196 valence electrons. The molecule has 8 nitrogen and oxygen atoms in total. The molecule has 1 atom stereocenters. The fourth-order valence-corrected chi connectivity index (χ4v) is 5.34. The summed E-state index contributed by atoms with van der Waals surface area (Å²) in [4.78, 5) is 28.7. The summed E-state index contributed by atoms with van der Waals surface area (Å²) in [6.07, 6.45) is 0.529. The second-order valence-electron chi connectivity index (χ2n) is 10.1. The number of halogens is 1. The number of benzene rings is 2. The van der Waals surface area contributed by atoms with E-state index in [-0.39, 0.29) is 17.0 Å². The highest BCUT2D eigenvalue weighted by Crippen LogP contribution is 2.27. The van der Waals surface area contributed by atoms with Crippen LogP contribution < -0.4 is 10.3 Å². The lowest BCUT2D eigenvalue weighted by atomic mass is 9.94. The van der Waals surface area contributed by atoms with Crippen molar-refractivity contribution in [3.05, 3.63) is 59.4 Å². The van der Waals surface area contributed by atoms with Gasteiger partial charge in [0.25, 0.3) is 5.91 Å². The molecule has 2 aromatic carbocycles. The first-order chi connectivity index (χ1) is 16.8. The van der Waals surface area contributed by atoms with Gasteiger partial charge in [0.05, 0.1) is 10.8 Å². The predicted molar refractivity (Wildman–Crippen MR) is 136 cm³/mol. The van der Waals surface area contributed by atoms with E-state index >= 15 is 0 Å². The van der Waals surface area contributed by atoms with Crippen LogP contribution in [0.25, 0.3) is 11.1 Å². The van der Waals surface area contributed by atoms with Gasteiger partial charge in [0, 0.05) is 13.1 Å². The fraction of sp³-hybridized carbons (Fsp3) is 0.462. The summed E-state index contributed by atoms with van der Waals surface area (Å²) >= 11 is 0. The molecule has 2 N–H and O–H groups in total. The highest BCUT2D eigenvalue weighted by Gasteiger charge is 2.35. The maximum atomic E-state index is 14.7. The second-order valence-corrected chi connectivity index (χ2v) is 12.2. The number of nitrogens with one attached hydrogen (secondary N) is 2. The Morgan fingerprint density at radius 2 is 1.69 bits per heavy atom. The molecule has 3 rings (SSSR count). The average molecular weight is 520 g/mol.